The number of hydrogen-bond acceptors (Lipinski definition) is 3. The number of hydrogen-bond donors (Lipinski definition) is 1. The normalized spacial score (nSPS) is 15.6. The fourth-order valence-corrected chi connectivity index (χ4v) is 1.63. The van der Waals surface area contributed by atoms with Gasteiger partial charge in [-0.05, 0) is 19.2 Å². The Balaban J connectivity index is 1.94. The smallest absolute Gasteiger partial charge is 0.184 e. The molecule has 1 aromatic carbocycles. The molecule has 2 rings (SSSR count). The van der Waals surface area contributed by atoms with Crippen molar-refractivity contribution in [1.29, 1.82) is 0 Å². The summed E-state index contributed by atoms with van der Waals surface area (Å²) in [6.45, 7) is 2.28. The van der Waals surface area contributed by atoms with Crippen LogP contribution in [0.5, 0.6) is 0 Å². The molecule has 1 aliphatic heterocycles. The Morgan fingerprint density at radius 1 is 1.24 bits per heavy atom. The first-order valence-electron chi connectivity index (χ1n) is 5.87. The SMILES string of the molecule is CNCCC#Cc1ccc(C2OCCO2)cc1. The van der Waals surface area contributed by atoms with Crippen molar-refractivity contribution in [2.24, 2.45) is 0 Å². The zero-order valence-electron chi connectivity index (χ0n) is 10.0. The van der Waals surface area contributed by atoms with Crippen LogP contribution in [0.2, 0.25) is 0 Å². The molecule has 3 nitrogen and oxygen atoms in total. The third-order valence-electron chi connectivity index (χ3n) is 2.54. The Kier molecular flexibility index (Phi) is 4.57. The van der Waals surface area contributed by atoms with E-state index in [1.165, 1.54) is 0 Å². The molecule has 0 atom stereocenters. The van der Waals surface area contributed by atoms with Crippen molar-refractivity contribution >= 4 is 0 Å². The lowest BCUT2D eigenvalue weighted by atomic mass is 10.1. The van der Waals surface area contributed by atoms with Crippen LogP contribution in [0.1, 0.15) is 23.8 Å². The zero-order chi connectivity index (χ0) is 11.9. The van der Waals surface area contributed by atoms with Crippen LogP contribution in [0.15, 0.2) is 24.3 Å². The van der Waals surface area contributed by atoms with Crippen LogP contribution < -0.4 is 5.32 Å². The lowest BCUT2D eigenvalue weighted by molar-refractivity contribution is -0.0441. The molecule has 90 valence electrons. The van der Waals surface area contributed by atoms with Gasteiger partial charge in [0.25, 0.3) is 0 Å². The number of benzene rings is 1. The van der Waals surface area contributed by atoms with Gasteiger partial charge in [0.15, 0.2) is 6.29 Å². The molecule has 0 unspecified atom stereocenters. The van der Waals surface area contributed by atoms with Gasteiger partial charge in [0.05, 0.1) is 13.2 Å². The minimum Gasteiger partial charge on any atom is -0.346 e. The maximum Gasteiger partial charge on any atom is 0.184 e. The van der Waals surface area contributed by atoms with Gasteiger partial charge in [-0.15, -0.1) is 0 Å². The Morgan fingerprint density at radius 2 is 1.94 bits per heavy atom. The molecule has 1 aromatic rings. The van der Waals surface area contributed by atoms with E-state index in [-0.39, 0.29) is 6.29 Å². The molecule has 1 N–H and O–H groups in total. The van der Waals surface area contributed by atoms with E-state index >= 15 is 0 Å². The molecule has 1 fully saturated rings. The summed E-state index contributed by atoms with van der Waals surface area (Å²) in [6, 6.07) is 8.04. The topological polar surface area (TPSA) is 30.5 Å². The van der Waals surface area contributed by atoms with Crippen LogP contribution >= 0.6 is 0 Å². The molecule has 3 heteroatoms. The molecule has 1 heterocycles. The molecular formula is C14H17NO2. The third kappa shape index (κ3) is 3.57. The molecule has 1 aliphatic rings. The molecule has 0 bridgehead atoms. The standard InChI is InChI=1S/C14H17NO2/c1-15-9-3-2-4-12-5-7-13(8-6-12)14-16-10-11-17-14/h5-8,14-15H,3,9-11H2,1H3. The van der Waals surface area contributed by atoms with E-state index in [1.54, 1.807) is 0 Å². The van der Waals surface area contributed by atoms with Crippen molar-refractivity contribution in [1.82, 2.24) is 5.32 Å². The van der Waals surface area contributed by atoms with Gasteiger partial charge >= 0.3 is 0 Å². The van der Waals surface area contributed by atoms with Gasteiger partial charge in [0.1, 0.15) is 0 Å². The van der Waals surface area contributed by atoms with Crippen LogP contribution in [-0.4, -0.2) is 26.8 Å². The van der Waals surface area contributed by atoms with Crippen LogP contribution in [0, 0.1) is 11.8 Å². The first-order valence-corrected chi connectivity index (χ1v) is 5.87. The zero-order valence-corrected chi connectivity index (χ0v) is 10.0. The van der Waals surface area contributed by atoms with Gasteiger partial charge in [0.2, 0.25) is 0 Å². The Hall–Kier alpha value is -1.34. The maximum atomic E-state index is 5.43. The van der Waals surface area contributed by atoms with Gasteiger partial charge in [-0.3, -0.25) is 0 Å². The highest BCUT2D eigenvalue weighted by Gasteiger charge is 2.17. The second-order valence-electron chi connectivity index (χ2n) is 3.85. The van der Waals surface area contributed by atoms with E-state index < -0.39 is 0 Å². The molecule has 17 heavy (non-hydrogen) atoms. The fourth-order valence-electron chi connectivity index (χ4n) is 1.63. The monoisotopic (exact) mass is 231 g/mol. The molecule has 0 aromatic heterocycles. The predicted octanol–water partition coefficient (Wildman–Crippen LogP) is 1.69. The van der Waals surface area contributed by atoms with Crippen molar-refractivity contribution in [3.8, 4) is 11.8 Å². The minimum atomic E-state index is -0.193. The molecule has 0 saturated carbocycles. The molecule has 0 radical (unpaired) electrons. The van der Waals surface area contributed by atoms with E-state index in [2.05, 4.69) is 17.2 Å². The molecule has 0 spiro atoms. The highest BCUT2D eigenvalue weighted by atomic mass is 16.7. The summed E-state index contributed by atoms with van der Waals surface area (Å²) in [5.74, 6) is 6.24. The van der Waals surface area contributed by atoms with Crippen LogP contribution in [0.3, 0.4) is 0 Å². The van der Waals surface area contributed by atoms with Gasteiger partial charge in [-0.1, -0.05) is 24.0 Å². The van der Waals surface area contributed by atoms with E-state index in [0.29, 0.717) is 13.2 Å². The van der Waals surface area contributed by atoms with E-state index in [0.717, 1.165) is 24.1 Å². The summed E-state index contributed by atoms with van der Waals surface area (Å²) in [7, 11) is 1.93. The summed E-state index contributed by atoms with van der Waals surface area (Å²) in [5.41, 5.74) is 2.09. The van der Waals surface area contributed by atoms with E-state index in [4.69, 9.17) is 9.47 Å². The Morgan fingerprint density at radius 3 is 2.59 bits per heavy atom. The van der Waals surface area contributed by atoms with Crippen molar-refractivity contribution in [3.05, 3.63) is 35.4 Å². The van der Waals surface area contributed by atoms with Crippen molar-refractivity contribution in [2.75, 3.05) is 26.8 Å². The highest BCUT2D eigenvalue weighted by molar-refractivity contribution is 5.36. The molecule has 0 aliphatic carbocycles. The molecule has 1 saturated heterocycles. The summed E-state index contributed by atoms with van der Waals surface area (Å²) in [6.07, 6.45) is 0.675. The first kappa shape index (κ1) is 12.1. The van der Waals surface area contributed by atoms with Crippen LogP contribution in [0.25, 0.3) is 0 Å². The van der Waals surface area contributed by atoms with Gasteiger partial charge in [-0.25, -0.2) is 0 Å². The number of ether oxygens (including phenoxy) is 2. The third-order valence-corrected chi connectivity index (χ3v) is 2.54. The Labute approximate surface area is 102 Å². The molecule has 0 amide bonds. The second-order valence-corrected chi connectivity index (χ2v) is 3.85. The van der Waals surface area contributed by atoms with E-state index in [9.17, 15) is 0 Å². The summed E-state index contributed by atoms with van der Waals surface area (Å²) < 4.78 is 10.9. The predicted molar refractivity (Wildman–Crippen MR) is 66.5 cm³/mol. The second kappa shape index (κ2) is 6.41. The lowest BCUT2D eigenvalue weighted by Crippen LogP contribution is -2.05. The van der Waals surface area contributed by atoms with Crippen LogP contribution in [-0.2, 0) is 9.47 Å². The minimum absolute atomic E-state index is 0.193. The van der Waals surface area contributed by atoms with Crippen molar-refractivity contribution in [2.45, 2.75) is 12.7 Å². The van der Waals surface area contributed by atoms with Gasteiger partial charge in [0, 0.05) is 24.1 Å². The summed E-state index contributed by atoms with van der Waals surface area (Å²) in [5, 5.41) is 3.06. The molecular weight excluding hydrogens is 214 g/mol. The quantitative estimate of drug-likeness (QED) is 0.634. The summed E-state index contributed by atoms with van der Waals surface area (Å²) >= 11 is 0. The van der Waals surface area contributed by atoms with E-state index in [1.807, 2.05) is 31.3 Å². The first-order chi connectivity index (χ1) is 8.40. The van der Waals surface area contributed by atoms with Crippen molar-refractivity contribution < 1.29 is 9.47 Å². The van der Waals surface area contributed by atoms with Gasteiger partial charge in [-0.2, -0.15) is 0 Å². The maximum absolute atomic E-state index is 5.43. The highest BCUT2D eigenvalue weighted by Crippen LogP contribution is 2.22. The average molecular weight is 231 g/mol. The lowest BCUT2D eigenvalue weighted by Gasteiger charge is -2.08. The Bertz CT molecular complexity index is 396. The van der Waals surface area contributed by atoms with Crippen molar-refractivity contribution in [3.63, 3.8) is 0 Å². The van der Waals surface area contributed by atoms with Crippen LogP contribution in [0.4, 0.5) is 0 Å². The summed E-state index contributed by atoms with van der Waals surface area (Å²) in [4.78, 5) is 0. The number of rotatable bonds is 3. The number of nitrogens with one attached hydrogen (secondary N) is 1. The average Bonchev–Trinajstić information content (AvgIpc) is 2.89. The fraction of sp³-hybridized carbons (Fsp3) is 0.429. The largest absolute Gasteiger partial charge is 0.346 e. The van der Waals surface area contributed by atoms with Gasteiger partial charge < -0.3 is 14.8 Å².